The topological polar surface area (TPSA) is 43.4 Å². The molecule has 0 aromatic rings. The van der Waals surface area contributed by atoms with Crippen LogP contribution in [0.15, 0.2) is 0 Å². The van der Waals surface area contributed by atoms with Crippen LogP contribution < -0.4 is 0 Å². The Labute approximate surface area is 243 Å². The van der Waals surface area contributed by atoms with E-state index >= 15 is 0 Å². The monoisotopic (exact) mass is 1180 g/mol. The molecule has 0 atom stereocenters. The van der Waals surface area contributed by atoms with E-state index in [-0.39, 0.29) is 0 Å². The summed E-state index contributed by atoms with van der Waals surface area (Å²) in [6, 6.07) is 0. The predicted molar refractivity (Wildman–Crippen MR) is 143 cm³/mol. The van der Waals surface area contributed by atoms with E-state index in [0.29, 0.717) is 0 Å². The second-order valence-electron chi connectivity index (χ2n) is 3.55. The van der Waals surface area contributed by atoms with Crippen molar-refractivity contribution >= 4 is 217 Å². The molecule has 0 spiro atoms. The molecule has 0 radical (unpaired) electrons. The third-order valence-corrected chi connectivity index (χ3v) is 26.9. The van der Waals surface area contributed by atoms with E-state index in [0.717, 1.165) is 0 Å². The highest BCUT2D eigenvalue weighted by Gasteiger charge is 2.73. The fourth-order valence-corrected chi connectivity index (χ4v) is 12.4. The highest BCUT2D eigenvalue weighted by molar-refractivity contribution is 9.42. The van der Waals surface area contributed by atoms with Gasteiger partial charge in [0, 0.05) is 0 Å². The fraction of sp³-hybridized carbons (Fsp3) is 1.00. The van der Waals surface area contributed by atoms with E-state index < -0.39 is 28.4 Å². The molecule has 0 aromatic heterocycles. The normalized spacial score (nSPS) is 16.1. The van der Waals surface area contributed by atoms with Crippen molar-refractivity contribution in [2.24, 2.45) is 0 Å². The molecule has 0 aliphatic carbocycles. The lowest BCUT2D eigenvalue weighted by Gasteiger charge is -2.50. The number of rotatable bonds is 6. The Morgan fingerprint density at radius 3 is 1.26 bits per heavy atom. The van der Waals surface area contributed by atoms with Crippen molar-refractivity contribution in [1.82, 2.24) is 0 Å². The maximum atomic E-state index is 12.6. The summed E-state index contributed by atoms with van der Waals surface area (Å²) in [6.45, 7) is 0. The lowest BCUT2D eigenvalue weighted by molar-refractivity contribution is 0.363. The van der Waals surface area contributed by atoms with Crippen LogP contribution in [0, 0.1) is 0 Å². The molecule has 3 nitrogen and oxygen atoms in total. The summed E-state index contributed by atoms with van der Waals surface area (Å²) in [7, 11) is -4.21. The Bertz CT molecular complexity index is 532. The molecule has 0 unspecified atom stereocenters. The summed E-state index contributed by atoms with van der Waals surface area (Å²) in [4.78, 5) is 0. The minimum Gasteiger partial charge on any atom is -0.242 e. The van der Waals surface area contributed by atoms with E-state index in [1.807, 2.05) is 0 Å². The van der Waals surface area contributed by atoms with Gasteiger partial charge in [0.25, 0.3) is 10.1 Å². The predicted octanol–water partition coefficient (Wildman–Crippen LogP) is 9.15. The van der Waals surface area contributed by atoms with E-state index in [1.54, 1.807) is 0 Å². The van der Waals surface area contributed by atoms with E-state index in [2.05, 4.69) is 207 Å². The molecule has 0 aliphatic heterocycles. The van der Waals surface area contributed by atoms with Crippen molar-refractivity contribution in [2.45, 2.75) is 18.3 Å². The summed E-state index contributed by atoms with van der Waals surface area (Å²) in [5.74, 6) is 0. The Balaban J connectivity index is 6.25. The highest BCUT2D eigenvalue weighted by atomic mass is 80.0. The Morgan fingerprint density at radius 2 is 1.00 bits per heavy atom. The SMILES string of the molecule is O=S(=O)(OC(Br)Br)C(Br)(Br)C(Br)(Br)C(Br)(Br)C(Br)(Br)C(Br)(Br)Br. The van der Waals surface area contributed by atoms with Crippen LogP contribution in [0.1, 0.15) is 0 Å². The quantitative estimate of drug-likeness (QED) is 0.197. The Hall–Kier alpha value is 6.15. The van der Waals surface area contributed by atoms with Crippen LogP contribution in [0.4, 0.5) is 0 Å². The zero-order valence-corrected chi connectivity index (χ0v) is 31.1. The molecule has 0 aliphatic rings. The molecule has 0 rings (SSSR count). The standard InChI is InChI=1S/C6HBr13O3S/c7-1(8)22-23(20,21)6(18,19)4(13,14)2(9,10)3(11,12)5(15,16)17/h1H. The molecule has 140 valence electrons. The maximum absolute atomic E-state index is 12.6. The zero-order valence-electron chi connectivity index (χ0n) is 9.62. The van der Waals surface area contributed by atoms with Crippen LogP contribution in [-0.4, -0.2) is 26.7 Å². The van der Waals surface area contributed by atoms with Gasteiger partial charge in [0.05, 0.1) is 0 Å². The molecular weight excluding hydrogens is 1190 g/mol. The third kappa shape index (κ3) is 6.11. The van der Waals surface area contributed by atoms with Gasteiger partial charge in [-0.15, -0.1) is 0 Å². The average Bonchev–Trinajstić information content (AvgIpc) is 2.24. The number of hydrogen-bond acceptors (Lipinski definition) is 3. The van der Waals surface area contributed by atoms with Gasteiger partial charge >= 0.3 is 0 Å². The first-order valence-corrected chi connectivity index (χ1v) is 16.4. The molecule has 0 bridgehead atoms. The van der Waals surface area contributed by atoms with Crippen molar-refractivity contribution in [3.05, 3.63) is 0 Å². The minimum atomic E-state index is -4.21. The van der Waals surface area contributed by atoms with Gasteiger partial charge in [-0.25, -0.2) is 4.18 Å². The van der Waals surface area contributed by atoms with E-state index in [9.17, 15) is 8.42 Å². The number of hydrogen-bond donors (Lipinski definition) is 0. The van der Waals surface area contributed by atoms with Crippen molar-refractivity contribution in [3.8, 4) is 0 Å². The van der Waals surface area contributed by atoms with Gasteiger partial charge < -0.3 is 0 Å². The Morgan fingerprint density at radius 1 is 0.652 bits per heavy atom. The largest absolute Gasteiger partial charge is 0.297 e. The molecular formula is C6HBr13O3S. The van der Waals surface area contributed by atoms with Crippen molar-refractivity contribution in [3.63, 3.8) is 0 Å². The Kier molecular flexibility index (Phi) is 12.3. The van der Waals surface area contributed by atoms with Gasteiger partial charge in [-0.1, -0.05) is 143 Å². The molecule has 23 heavy (non-hydrogen) atoms. The van der Waals surface area contributed by atoms with Crippen molar-refractivity contribution in [2.75, 3.05) is 0 Å². The fourth-order valence-electron chi connectivity index (χ4n) is 0.871. The van der Waals surface area contributed by atoms with Gasteiger partial charge in [-0.05, 0) is 63.7 Å². The molecule has 0 aromatic carbocycles. The molecule has 0 saturated heterocycles. The summed E-state index contributed by atoms with van der Waals surface area (Å²) in [5.41, 5.74) is 0. The van der Waals surface area contributed by atoms with Crippen LogP contribution in [-0.2, 0) is 14.3 Å². The maximum Gasteiger partial charge on any atom is 0.297 e. The van der Waals surface area contributed by atoms with E-state index in [4.69, 9.17) is 4.18 Å². The highest BCUT2D eigenvalue weighted by Crippen LogP contribution is 2.72. The van der Waals surface area contributed by atoms with Crippen LogP contribution >= 0.6 is 207 Å². The van der Waals surface area contributed by atoms with Crippen LogP contribution in [0.2, 0.25) is 0 Å². The molecule has 0 heterocycles. The van der Waals surface area contributed by atoms with Gasteiger partial charge in [0.15, 0.2) is 6.07 Å². The van der Waals surface area contributed by atoms with Crippen LogP contribution in [0.3, 0.4) is 0 Å². The summed E-state index contributed by atoms with van der Waals surface area (Å²) in [5, 5.41) is 0. The molecule has 0 N–H and O–H groups in total. The second kappa shape index (κ2) is 9.74. The third-order valence-electron chi connectivity index (χ3n) is 2.02. The van der Waals surface area contributed by atoms with Gasteiger partial charge in [-0.2, -0.15) is 8.42 Å². The number of halogens is 13. The van der Waals surface area contributed by atoms with Crippen molar-refractivity contribution < 1.29 is 12.6 Å². The van der Waals surface area contributed by atoms with Crippen molar-refractivity contribution in [1.29, 1.82) is 0 Å². The molecule has 0 saturated carbocycles. The smallest absolute Gasteiger partial charge is 0.242 e. The zero-order chi connectivity index (χ0) is 19.3. The van der Waals surface area contributed by atoms with Crippen LogP contribution in [0.25, 0.3) is 0 Å². The molecule has 17 heteroatoms. The lowest BCUT2D eigenvalue weighted by atomic mass is 10.2. The van der Waals surface area contributed by atoms with Gasteiger partial charge in [0.2, 0.25) is 2.57 Å². The summed E-state index contributed by atoms with van der Waals surface area (Å²) in [6.07, 6.45) is 0. The summed E-state index contributed by atoms with van der Waals surface area (Å²) < 4.78 is 22.7. The second-order valence-corrected chi connectivity index (χ2v) is 29.7. The first-order valence-electron chi connectivity index (χ1n) is 4.46. The van der Waals surface area contributed by atoms with E-state index in [1.165, 1.54) is 0 Å². The van der Waals surface area contributed by atoms with Gasteiger partial charge in [-0.3, -0.25) is 0 Å². The first kappa shape index (κ1) is 29.1. The molecule has 0 amide bonds. The lowest BCUT2D eigenvalue weighted by Crippen LogP contribution is -2.61. The molecule has 0 fully saturated rings. The number of alkyl halides is 13. The first-order chi connectivity index (χ1) is 9.67. The minimum absolute atomic E-state index is 0.909. The average molecular weight is 1190 g/mol. The summed E-state index contributed by atoms with van der Waals surface area (Å²) >= 11 is 43.2. The van der Waals surface area contributed by atoms with Gasteiger partial charge in [0.1, 0.15) is 9.70 Å². The van der Waals surface area contributed by atoms with Crippen LogP contribution in [0.5, 0.6) is 0 Å².